The number of hydrogen-bond acceptors (Lipinski definition) is 3. The molecule has 1 aliphatic heterocycles. The highest BCUT2D eigenvalue weighted by Crippen LogP contribution is 2.22. The van der Waals surface area contributed by atoms with E-state index in [-0.39, 0.29) is 11.8 Å². The number of anilines is 1. The molecule has 1 aliphatic rings. The molecule has 2 amide bonds. The van der Waals surface area contributed by atoms with E-state index in [1.165, 1.54) is 0 Å². The van der Waals surface area contributed by atoms with E-state index in [4.69, 9.17) is 0 Å². The van der Waals surface area contributed by atoms with Crippen molar-refractivity contribution in [1.82, 2.24) is 14.7 Å². The van der Waals surface area contributed by atoms with Gasteiger partial charge in [0.15, 0.2) is 5.69 Å². The number of aryl methyl sites for hydroxylation is 2. The number of rotatable bonds is 3. The highest BCUT2D eigenvalue weighted by molar-refractivity contribution is 6.11. The van der Waals surface area contributed by atoms with E-state index < -0.39 is 0 Å². The molecule has 1 N–H and O–H groups in total. The van der Waals surface area contributed by atoms with Crippen LogP contribution in [0.2, 0.25) is 0 Å². The number of carbonyl (C=O) groups excluding carboxylic acids is 2. The highest BCUT2D eigenvalue weighted by Gasteiger charge is 2.21. The fourth-order valence-corrected chi connectivity index (χ4v) is 3.60. The third kappa shape index (κ3) is 3.18. The standard InChI is InChI=1S/C21H22N4O2/c1-14-13-15(21(27)25-11-5-6-12-25)9-10-17(14)22-20(26)19-16-7-3-4-8-18(16)24(2)23-19/h3-4,7-10,13H,5-6,11-12H2,1-2H3,(H,22,26). The van der Waals surface area contributed by atoms with Gasteiger partial charge in [0.2, 0.25) is 0 Å². The summed E-state index contributed by atoms with van der Waals surface area (Å²) in [7, 11) is 1.82. The van der Waals surface area contributed by atoms with Gasteiger partial charge in [-0.2, -0.15) is 5.10 Å². The van der Waals surface area contributed by atoms with E-state index in [1.54, 1.807) is 16.8 Å². The van der Waals surface area contributed by atoms with E-state index in [0.717, 1.165) is 42.4 Å². The van der Waals surface area contributed by atoms with E-state index in [1.807, 2.05) is 49.2 Å². The van der Waals surface area contributed by atoms with Crippen molar-refractivity contribution in [3.8, 4) is 0 Å². The van der Waals surface area contributed by atoms with Gasteiger partial charge in [-0.25, -0.2) is 0 Å². The highest BCUT2D eigenvalue weighted by atomic mass is 16.2. The summed E-state index contributed by atoms with van der Waals surface area (Å²) in [5, 5.41) is 8.10. The van der Waals surface area contributed by atoms with Gasteiger partial charge in [-0.1, -0.05) is 18.2 Å². The molecule has 0 atom stereocenters. The van der Waals surface area contributed by atoms with Crippen molar-refractivity contribution >= 4 is 28.4 Å². The van der Waals surface area contributed by atoms with Crippen molar-refractivity contribution in [3.63, 3.8) is 0 Å². The van der Waals surface area contributed by atoms with E-state index in [9.17, 15) is 9.59 Å². The average Bonchev–Trinajstić information content (AvgIpc) is 3.32. The molecule has 0 saturated carbocycles. The maximum atomic E-state index is 12.8. The van der Waals surface area contributed by atoms with Gasteiger partial charge in [-0.15, -0.1) is 0 Å². The Labute approximate surface area is 157 Å². The molecule has 1 fully saturated rings. The molecule has 0 spiro atoms. The molecule has 0 radical (unpaired) electrons. The average molecular weight is 362 g/mol. The molecule has 1 aromatic heterocycles. The van der Waals surface area contributed by atoms with E-state index >= 15 is 0 Å². The van der Waals surface area contributed by atoms with Crippen LogP contribution in [0.5, 0.6) is 0 Å². The minimum absolute atomic E-state index is 0.0594. The van der Waals surface area contributed by atoms with Crippen molar-refractivity contribution in [1.29, 1.82) is 0 Å². The lowest BCUT2D eigenvalue weighted by Gasteiger charge is -2.16. The third-order valence-corrected chi connectivity index (χ3v) is 5.09. The van der Waals surface area contributed by atoms with Crippen molar-refractivity contribution in [2.45, 2.75) is 19.8 Å². The fourth-order valence-electron chi connectivity index (χ4n) is 3.60. The number of nitrogens with zero attached hydrogens (tertiary/aromatic N) is 3. The summed E-state index contributed by atoms with van der Waals surface area (Å²) in [6.45, 7) is 3.54. The number of likely N-dealkylation sites (tertiary alicyclic amines) is 1. The Hall–Kier alpha value is -3.15. The van der Waals surface area contributed by atoms with Gasteiger partial charge < -0.3 is 10.2 Å². The Morgan fingerprint density at radius 3 is 2.56 bits per heavy atom. The molecule has 2 heterocycles. The lowest BCUT2D eigenvalue weighted by molar-refractivity contribution is 0.0792. The zero-order valence-electron chi connectivity index (χ0n) is 15.5. The molecule has 27 heavy (non-hydrogen) atoms. The van der Waals surface area contributed by atoms with E-state index in [2.05, 4.69) is 10.4 Å². The number of fused-ring (bicyclic) bond motifs is 1. The van der Waals surface area contributed by atoms with Gasteiger partial charge >= 0.3 is 0 Å². The van der Waals surface area contributed by atoms with Crippen LogP contribution in [0.3, 0.4) is 0 Å². The van der Waals surface area contributed by atoms with Crippen LogP contribution >= 0.6 is 0 Å². The van der Waals surface area contributed by atoms with E-state index in [0.29, 0.717) is 16.9 Å². The smallest absolute Gasteiger partial charge is 0.276 e. The second kappa shape index (κ2) is 6.87. The molecule has 2 aromatic carbocycles. The van der Waals surface area contributed by atoms with Crippen molar-refractivity contribution < 1.29 is 9.59 Å². The maximum absolute atomic E-state index is 12.8. The minimum atomic E-state index is -0.256. The van der Waals surface area contributed by atoms with Gasteiger partial charge in [-0.3, -0.25) is 14.3 Å². The molecule has 0 unspecified atom stereocenters. The largest absolute Gasteiger partial charge is 0.339 e. The monoisotopic (exact) mass is 362 g/mol. The summed E-state index contributed by atoms with van der Waals surface area (Å²) >= 11 is 0. The zero-order valence-corrected chi connectivity index (χ0v) is 15.5. The first kappa shape index (κ1) is 17.3. The molecular weight excluding hydrogens is 340 g/mol. The first-order chi connectivity index (χ1) is 13.0. The minimum Gasteiger partial charge on any atom is -0.339 e. The summed E-state index contributed by atoms with van der Waals surface area (Å²) < 4.78 is 1.70. The quantitative estimate of drug-likeness (QED) is 0.777. The first-order valence-corrected chi connectivity index (χ1v) is 9.17. The second-order valence-electron chi connectivity index (χ2n) is 6.97. The normalized spacial score (nSPS) is 13.9. The van der Waals surface area contributed by atoms with Crippen molar-refractivity contribution in [2.24, 2.45) is 7.05 Å². The van der Waals surface area contributed by atoms with Crippen LogP contribution in [0.15, 0.2) is 42.5 Å². The lowest BCUT2D eigenvalue weighted by atomic mass is 10.1. The number of nitrogens with one attached hydrogen (secondary N) is 1. The molecule has 1 saturated heterocycles. The van der Waals surface area contributed by atoms with Crippen LogP contribution in [0.25, 0.3) is 10.9 Å². The fraction of sp³-hybridized carbons (Fsp3) is 0.286. The Morgan fingerprint density at radius 1 is 1.07 bits per heavy atom. The van der Waals surface area contributed by atoms with Gasteiger partial charge in [0.1, 0.15) is 0 Å². The number of para-hydroxylation sites is 1. The molecule has 0 aliphatic carbocycles. The van der Waals surface area contributed by atoms with Gasteiger partial charge in [0, 0.05) is 36.8 Å². The molecule has 4 rings (SSSR count). The molecule has 6 nitrogen and oxygen atoms in total. The topological polar surface area (TPSA) is 67.2 Å². The summed E-state index contributed by atoms with van der Waals surface area (Å²) in [6.07, 6.45) is 2.13. The lowest BCUT2D eigenvalue weighted by Crippen LogP contribution is -2.27. The Morgan fingerprint density at radius 2 is 1.81 bits per heavy atom. The van der Waals surface area contributed by atoms with Crippen LogP contribution in [-0.2, 0) is 7.05 Å². The predicted octanol–water partition coefficient (Wildman–Crippen LogP) is 3.37. The third-order valence-electron chi connectivity index (χ3n) is 5.09. The van der Waals surface area contributed by atoms with Crippen LogP contribution < -0.4 is 5.32 Å². The Balaban J connectivity index is 1.57. The molecule has 6 heteroatoms. The second-order valence-corrected chi connectivity index (χ2v) is 6.97. The number of carbonyl (C=O) groups is 2. The number of benzene rings is 2. The summed E-state index contributed by atoms with van der Waals surface area (Å²) in [6, 6.07) is 13.1. The molecule has 0 bridgehead atoms. The number of hydrogen-bond donors (Lipinski definition) is 1. The van der Waals surface area contributed by atoms with Crippen LogP contribution in [0, 0.1) is 6.92 Å². The summed E-state index contributed by atoms with van der Waals surface area (Å²) in [5.74, 6) is -0.197. The number of aromatic nitrogens is 2. The van der Waals surface area contributed by atoms with Crippen LogP contribution in [0.4, 0.5) is 5.69 Å². The number of amides is 2. The Bertz CT molecular complexity index is 1030. The zero-order chi connectivity index (χ0) is 19.0. The summed E-state index contributed by atoms with van der Waals surface area (Å²) in [5.41, 5.74) is 3.51. The van der Waals surface area contributed by atoms with Crippen molar-refractivity contribution in [2.75, 3.05) is 18.4 Å². The van der Waals surface area contributed by atoms with Crippen LogP contribution in [-0.4, -0.2) is 39.6 Å². The van der Waals surface area contributed by atoms with Gasteiger partial charge in [-0.05, 0) is 49.6 Å². The SMILES string of the molecule is Cc1cc(C(=O)N2CCCC2)ccc1NC(=O)c1nn(C)c2ccccc12. The van der Waals surface area contributed by atoms with Gasteiger partial charge in [0.25, 0.3) is 11.8 Å². The Kier molecular flexibility index (Phi) is 4.39. The molecular formula is C21H22N4O2. The van der Waals surface area contributed by atoms with Crippen molar-refractivity contribution in [3.05, 3.63) is 59.3 Å². The predicted molar refractivity (Wildman–Crippen MR) is 105 cm³/mol. The molecule has 3 aromatic rings. The van der Waals surface area contributed by atoms with Crippen LogP contribution in [0.1, 0.15) is 39.3 Å². The summed E-state index contributed by atoms with van der Waals surface area (Å²) in [4.78, 5) is 27.2. The maximum Gasteiger partial charge on any atom is 0.276 e. The first-order valence-electron chi connectivity index (χ1n) is 9.17. The molecule has 138 valence electrons. The van der Waals surface area contributed by atoms with Gasteiger partial charge in [0.05, 0.1) is 5.52 Å².